The van der Waals surface area contributed by atoms with E-state index in [2.05, 4.69) is 5.32 Å². The molecule has 7 heteroatoms. The number of hydrogen-bond acceptors (Lipinski definition) is 5. The summed E-state index contributed by atoms with van der Waals surface area (Å²) in [5, 5.41) is 2.77. The molecule has 0 aliphatic carbocycles. The number of hydrogen-bond donors (Lipinski definition) is 1. The van der Waals surface area contributed by atoms with Gasteiger partial charge in [-0.3, -0.25) is 4.79 Å². The normalized spacial score (nSPS) is 11.2. The lowest BCUT2D eigenvalue weighted by Gasteiger charge is -2.05. The Labute approximate surface area is 164 Å². The van der Waals surface area contributed by atoms with E-state index >= 15 is 0 Å². The van der Waals surface area contributed by atoms with Gasteiger partial charge in [0.15, 0.2) is 15.6 Å². The molecule has 3 rings (SSSR count). The number of amides is 1. The number of sulfone groups is 1. The van der Waals surface area contributed by atoms with Crippen LogP contribution >= 0.6 is 0 Å². The highest BCUT2D eigenvalue weighted by molar-refractivity contribution is 7.90. The summed E-state index contributed by atoms with van der Waals surface area (Å²) in [6.07, 6.45) is 0.658. The second-order valence-corrected chi connectivity index (χ2v) is 8.18. The SMILES string of the molecule is COc1ccc(CCNC(=O)c2ccc(CS(=O)(=O)c3ccccc3)o2)cc1. The summed E-state index contributed by atoms with van der Waals surface area (Å²) in [5.41, 5.74) is 1.06. The van der Waals surface area contributed by atoms with Crippen LogP contribution < -0.4 is 10.1 Å². The Kier molecular flexibility index (Phi) is 6.16. The summed E-state index contributed by atoms with van der Waals surface area (Å²) in [6, 6.07) is 18.7. The number of ether oxygens (including phenoxy) is 1. The van der Waals surface area contributed by atoms with Crippen LogP contribution in [0.15, 0.2) is 76.0 Å². The minimum atomic E-state index is -3.52. The van der Waals surface area contributed by atoms with E-state index in [-0.39, 0.29) is 28.1 Å². The molecule has 6 nitrogen and oxygen atoms in total. The standard InChI is InChI=1S/C21H21NO5S/c1-26-17-9-7-16(8-10-17)13-14-22-21(23)20-12-11-18(27-20)15-28(24,25)19-5-3-2-4-6-19/h2-12H,13-15H2,1H3,(H,22,23). The average molecular weight is 399 g/mol. The molecule has 0 aliphatic rings. The second-order valence-electron chi connectivity index (χ2n) is 6.19. The summed E-state index contributed by atoms with van der Waals surface area (Å²) in [7, 11) is -1.91. The fourth-order valence-electron chi connectivity index (χ4n) is 2.68. The zero-order valence-corrected chi connectivity index (χ0v) is 16.2. The Balaban J connectivity index is 1.55. The second kappa shape index (κ2) is 8.75. The molecule has 0 bridgehead atoms. The smallest absolute Gasteiger partial charge is 0.287 e. The van der Waals surface area contributed by atoms with Crippen LogP contribution in [0.5, 0.6) is 5.75 Å². The Morgan fingerprint density at radius 3 is 2.39 bits per heavy atom. The quantitative estimate of drug-likeness (QED) is 0.629. The number of carbonyl (C=O) groups excluding carboxylic acids is 1. The van der Waals surface area contributed by atoms with E-state index in [0.717, 1.165) is 11.3 Å². The molecule has 1 N–H and O–H groups in total. The number of nitrogens with one attached hydrogen (secondary N) is 1. The van der Waals surface area contributed by atoms with Gasteiger partial charge in [0.25, 0.3) is 5.91 Å². The molecule has 0 spiro atoms. The fraction of sp³-hybridized carbons (Fsp3) is 0.190. The van der Waals surface area contributed by atoms with Gasteiger partial charge in [-0.1, -0.05) is 30.3 Å². The van der Waals surface area contributed by atoms with Gasteiger partial charge in [-0.2, -0.15) is 0 Å². The average Bonchev–Trinajstić information content (AvgIpc) is 3.17. The van der Waals surface area contributed by atoms with Crippen molar-refractivity contribution < 1.29 is 22.4 Å². The van der Waals surface area contributed by atoms with Crippen LogP contribution in [-0.2, 0) is 22.0 Å². The van der Waals surface area contributed by atoms with Gasteiger partial charge in [-0.05, 0) is 48.4 Å². The maximum Gasteiger partial charge on any atom is 0.287 e. The van der Waals surface area contributed by atoms with Crippen LogP contribution in [0.1, 0.15) is 21.9 Å². The number of benzene rings is 2. The molecule has 0 unspecified atom stereocenters. The van der Waals surface area contributed by atoms with Gasteiger partial charge in [-0.15, -0.1) is 0 Å². The van der Waals surface area contributed by atoms with Crippen molar-refractivity contribution in [2.24, 2.45) is 0 Å². The zero-order chi connectivity index (χ0) is 20.0. The molecule has 1 amide bonds. The van der Waals surface area contributed by atoms with Gasteiger partial charge in [0, 0.05) is 6.54 Å². The molecule has 1 aromatic heterocycles. The molecule has 0 fully saturated rings. The van der Waals surface area contributed by atoms with Crippen molar-refractivity contribution in [3.63, 3.8) is 0 Å². The number of furan rings is 1. The van der Waals surface area contributed by atoms with Crippen LogP contribution in [0, 0.1) is 0 Å². The first kappa shape index (κ1) is 19.7. The van der Waals surface area contributed by atoms with Gasteiger partial charge >= 0.3 is 0 Å². The zero-order valence-electron chi connectivity index (χ0n) is 15.4. The third-order valence-electron chi connectivity index (χ3n) is 4.18. The molecule has 1 heterocycles. The maximum absolute atomic E-state index is 12.4. The third-order valence-corrected chi connectivity index (χ3v) is 5.83. The van der Waals surface area contributed by atoms with Crippen molar-refractivity contribution in [1.29, 1.82) is 0 Å². The topological polar surface area (TPSA) is 85.6 Å². The molecular formula is C21H21NO5S. The van der Waals surface area contributed by atoms with Gasteiger partial charge in [-0.25, -0.2) is 8.42 Å². The highest BCUT2D eigenvalue weighted by Crippen LogP contribution is 2.18. The summed E-state index contributed by atoms with van der Waals surface area (Å²) in [4.78, 5) is 12.4. The lowest BCUT2D eigenvalue weighted by atomic mass is 10.1. The van der Waals surface area contributed by atoms with Gasteiger partial charge in [0.05, 0.1) is 12.0 Å². The minimum Gasteiger partial charge on any atom is -0.497 e. The summed E-state index contributed by atoms with van der Waals surface area (Å²) in [6.45, 7) is 0.434. The lowest BCUT2D eigenvalue weighted by molar-refractivity contribution is 0.0925. The first-order valence-electron chi connectivity index (χ1n) is 8.75. The first-order valence-corrected chi connectivity index (χ1v) is 10.4. The first-order chi connectivity index (χ1) is 13.5. The molecule has 3 aromatic rings. The number of rotatable bonds is 8. The molecule has 0 saturated heterocycles. The molecule has 0 saturated carbocycles. The Hall–Kier alpha value is -3.06. The number of methoxy groups -OCH3 is 1. The van der Waals surface area contributed by atoms with Crippen LogP contribution in [0.2, 0.25) is 0 Å². The summed E-state index contributed by atoms with van der Waals surface area (Å²) < 4.78 is 35.3. The Morgan fingerprint density at radius 2 is 1.71 bits per heavy atom. The molecule has 0 atom stereocenters. The van der Waals surface area contributed by atoms with Crippen molar-refractivity contribution in [2.45, 2.75) is 17.1 Å². The van der Waals surface area contributed by atoms with Crippen LogP contribution in [0.4, 0.5) is 0 Å². The molecule has 146 valence electrons. The highest BCUT2D eigenvalue weighted by Gasteiger charge is 2.19. The van der Waals surface area contributed by atoms with Crippen molar-refractivity contribution >= 4 is 15.7 Å². The molecule has 0 aliphatic heterocycles. The van der Waals surface area contributed by atoms with Crippen molar-refractivity contribution in [3.05, 3.63) is 83.8 Å². The van der Waals surface area contributed by atoms with E-state index in [9.17, 15) is 13.2 Å². The molecule has 28 heavy (non-hydrogen) atoms. The Morgan fingerprint density at radius 1 is 1.00 bits per heavy atom. The van der Waals surface area contributed by atoms with Gasteiger partial charge in [0.1, 0.15) is 17.3 Å². The predicted molar refractivity (Wildman–Crippen MR) is 105 cm³/mol. The van der Waals surface area contributed by atoms with E-state index < -0.39 is 9.84 Å². The van der Waals surface area contributed by atoms with Crippen LogP contribution in [-0.4, -0.2) is 28.0 Å². The Bertz CT molecular complexity index is 1020. The molecule has 2 aromatic carbocycles. The number of carbonyl (C=O) groups is 1. The fourth-order valence-corrected chi connectivity index (χ4v) is 3.94. The van der Waals surface area contributed by atoms with Crippen LogP contribution in [0.25, 0.3) is 0 Å². The minimum absolute atomic E-state index is 0.0907. The van der Waals surface area contributed by atoms with E-state index in [1.165, 1.54) is 24.3 Å². The van der Waals surface area contributed by atoms with Crippen molar-refractivity contribution in [2.75, 3.05) is 13.7 Å². The monoisotopic (exact) mass is 399 g/mol. The predicted octanol–water partition coefficient (Wildman–Crippen LogP) is 3.23. The van der Waals surface area contributed by atoms with E-state index in [1.54, 1.807) is 25.3 Å². The molecule has 0 radical (unpaired) electrons. The molecular weight excluding hydrogens is 378 g/mol. The van der Waals surface area contributed by atoms with Gasteiger partial charge < -0.3 is 14.5 Å². The summed E-state index contributed by atoms with van der Waals surface area (Å²) in [5.74, 6) is 0.422. The largest absolute Gasteiger partial charge is 0.497 e. The third kappa shape index (κ3) is 5.01. The van der Waals surface area contributed by atoms with Crippen molar-refractivity contribution in [1.82, 2.24) is 5.32 Å². The van der Waals surface area contributed by atoms with E-state index in [0.29, 0.717) is 13.0 Å². The highest BCUT2D eigenvalue weighted by atomic mass is 32.2. The lowest BCUT2D eigenvalue weighted by Crippen LogP contribution is -2.25. The van der Waals surface area contributed by atoms with Crippen molar-refractivity contribution in [3.8, 4) is 5.75 Å². The maximum atomic E-state index is 12.4. The van der Waals surface area contributed by atoms with Crippen LogP contribution in [0.3, 0.4) is 0 Å². The summed E-state index contributed by atoms with van der Waals surface area (Å²) >= 11 is 0. The van der Waals surface area contributed by atoms with Gasteiger partial charge in [0.2, 0.25) is 0 Å². The van der Waals surface area contributed by atoms with E-state index in [1.807, 2.05) is 24.3 Å². The van der Waals surface area contributed by atoms with E-state index in [4.69, 9.17) is 9.15 Å².